The molecule has 1 N–H and O–H groups in total. The first-order valence-electron chi connectivity index (χ1n) is 7.07. The summed E-state index contributed by atoms with van der Waals surface area (Å²) in [6, 6.07) is 1.48. The van der Waals surface area contributed by atoms with E-state index < -0.39 is 22.2 Å². The van der Waals surface area contributed by atoms with E-state index in [2.05, 4.69) is 17.1 Å². The van der Waals surface area contributed by atoms with E-state index in [1.165, 1.54) is 0 Å². The van der Waals surface area contributed by atoms with E-state index in [-0.39, 0.29) is 5.69 Å². The molecule has 0 atom stereocenters. The van der Waals surface area contributed by atoms with Gasteiger partial charge in [-0.15, -0.1) is 0 Å². The van der Waals surface area contributed by atoms with Gasteiger partial charge in [-0.1, -0.05) is 6.92 Å². The summed E-state index contributed by atoms with van der Waals surface area (Å²) in [5, 5.41) is 13.6. The lowest BCUT2D eigenvalue weighted by Crippen LogP contribution is -2.36. The first-order valence-corrected chi connectivity index (χ1v) is 7.07. The van der Waals surface area contributed by atoms with Crippen LogP contribution in [0.5, 0.6) is 0 Å². The summed E-state index contributed by atoms with van der Waals surface area (Å²) in [7, 11) is 0. The monoisotopic (exact) mass is 299 g/mol. The fourth-order valence-electron chi connectivity index (χ4n) is 2.52. The average molecular weight is 299 g/mol. The van der Waals surface area contributed by atoms with Crippen LogP contribution in [0.1, 0.15) is 19.8 Å². The number of nitrogens with zero attached hydrogens (tertiary/aromatic N) is 2. The molecule has 1 fully saturated rings. The van der Waals surface area contributed by atoms with Crippen molar-refractivity contribution in [3.8, 4) is 0 Å². The van der Waals surface area contributed by atoms with Gasteiger partial charge >= 0.3 is 5.69 Å². The maximum Gasteiger partial charge on any atom is 0.327 e. The topological polar surface area (TPSA) is 58.4 Å². The zero-order chi connectivity index (χ0) is 15.4. The SMILES string of the molecule is CC1CCN(CCNc2cc(F)cc(F)c2[N+](=O)[O-])CC1. The maximum absolute atomic E-state index is 13.5. The lowest BCUT2D eigenvalue weighted by molar-refractivity contribution is -0.386. The number of halogens is 2. The molecule has 0 spiro atoms. The predicted octanol–water partition coefficient (Wildman–Crippen LogP) is 3.02. The molecule has 0 amide bonds. The summed E-state index contributed by atoms with van der Waals surface area (Å²) in [6.45, 7) is 5.31. The molecule has 0 bridgehead atoms. The van der Waals surface area contributed by atoms with Gasteiger partial charge in [0, 0.05) is 25.2 Å². The molecule has 7 heteroatoms. The highest BCUT2D eigenvalue weighted by atomic mass is 19.1. The van der Waals surface area contributed by atoms with Crippen molar-refractivity contribution in [1.29, 1.82) is 0 Å². The Labute approximate surface area is 122 Å². The number of hydrogen-bond acceptors (Lipinski definition) is 4. The van der Waals surface area contributed by atoms with E-state index in [0.717, 1.165) is 37.9 Å². The predicted molar refractivity (Wildman–Crippen MR) is 76.3 cm³/mol. The van der Waals surface area contributed by atoms with E-state index >= 15 is 0 Å². The molecule has 116 valence electrons. The van der Waals surface area contributed by atoms with Crippen LogP contribution < -0.4 is 5.32 Å². The molecule has 0 aromatic heterocycles. The number of benzene rings is 1. The van der Waals surface area contributed by atoms with Gasteiger partial charge in [0.2, 0.25) is 5.82 Å². The molecular formula is C14H19F2N3O2. The molecule has 2 rings (SSSR count). The number of nitro benzene ring substituents is 1. The zero-order valence-electron chi connectivity index (χ0n) is 11.9. The Morgan fingerprint density at radius 1 is 1.38 bits per heavy atom. The van der Waals surface area contributed by atoms with Crippen LogP contribution in [0.4, 0.5) is 20.2 Å². The number of hydrogen-bond donors (Lipinski definition) is 1. The zero-order valence-corrected chi connectivity index (χ0v) is 11.9. The van der Waals surface area contributed by atoms with Gasteiger partial charge in [-0.3, -0.25) is 10.1 Å². The van der Waals surface area contributed by atoms with Crippen LogP contribution >= 0.6 is 0 Å². The second-order valence-corrected chi connectivity index (χ2v) is 5.49. The fraction of sp³-hybridized carbons (Fsp3) is 0.571. The standard InChI is InChI=1S/C14H19F2N3O2/c1-10-2-5-18(6-3-10)7-4-17-13-9-11(15)8-12(16)14(13)19(20)21/h8-10,17H,2-7H2,1H3. The molecule has 0 radical (unpaired) electrons. The van der Waals surface area contributed by atoms with Gasteiger partial charge in [0.15, 0.2) is 0 Å². The smallest absolute Gasteiger partial charge is 0.327 e. The van der Waals surface area contributed by atoms with Crippen molar-refractivity contribution in [3.05, 3.63) is 33.9 Å². The normalized spacial score (nSPS) is 16.9. The Hall–Kier alpha value is -1.76. The molecule has 0 saturated carbocycles. The number of piperidine rings is 1. The minimum absolute atomic E-state index is 0.108. The Morgan fingerprint density at radius 2 is 2.05 bits per heavy atom. The second-order valence-electron chi connectivity index (χ2n) is 5.49. The maximum atomic E-state index is 13.5. The van der Waals surface area contributed by atoms with Crippen LogP contribution in [0.2, 0.25) is 0 Å². The summed E-state index contributed by atoms with van der Waals surface area (Å²) in [6.07, 6.45) is 2.27. The van der Waals surface area contributed by atoms with Crippen molar-refractivity contribution in [2.75, 3.05) is 31.5 Å². The van der Waals surface area contributed by atoms with E-state index in [4.69, 9.17) is 0 Å². The lowest BCUT2D eigenvalue weighted by atomic mass is 9.99. The Bertz CT molecular complexity index is 517. The van der Waals surface area contributed by atoms with Crippen LogP contribution in [-0.4, -0.2) is 36.0 Å². The average Bonchev–Trinajstić information content (AvgIpc) is 2.39. The third kappa shape index (κ3) is 4.10. The van der Waals surface area contributed by atoms with Gasteiger partial charge in [0.25, 0.3) is 0 Å². The van der Waals surface area contributed by atoms with Crippen LogP contribution in [0.3, 0.4) is 0 Å². The third-order valence-electron chi connectivity index (χ3n) is 3.83. The van der Waals surface area contributed by atoms with Crippen LogP contribution in [0, 0.1) is 27.7 Å². The first-order chi connectivity index (χ1) is 9.97. The summed E-state index contributed by atoms with van der Waals surface area (Å²) < 4.78 is 26.6. The van der Waals surface area contributed by atoms with E-state index in [9.17, 15) is 18.9 Å². The van der Waals surface area contributed by atoms with Crippen molar-refractivity contribution < 1.29 is 13.7 Å². The first kappa shape index (κ1) is 15.6. The summed E-state index contributed by atoms with van der Waals surface area (Å²) in [5.41, 5.74) is -0.813. The Kier molecular flexibility index (Phi) is 5.06. The minimum atomic E-state index is -1.16. The van der Waals surface area contributed by atoms with Gasteiger partial charge in [-0.05, 0) is 31.8 Å². The molecule has 1 heterocycles. The second kappa shape index (κ2) is 6.80. The van der Waals surface area contributed by atoms with Gasteiger partial charge in [-0.25, -0.2) is 4.39 Å². The number of likely N-dealkylation sites (tertiary alicyclic amines) is 1. The van der Waals surface area contributed by atoms with Crippen molar-refractivity contribution in [2.45, 2.75) is 19.8 Å². The van der Waals surface area contributed by atoms with E-state index in [1.807, 2.05) is 0 Å². The molecule has 1 aromatic carbocycles. The van der Waals surface area contributed by atoms with E-state index in [1.54, 1.807) is 0 Å². The summed E-state index contributed by atoms with van der Waals surface area (Å²) in [5.74, 6) is -1.26. The highest BCUT2D eigenvalue weighted by Gasteiger charge is 2.22. The highest BCUT2D eigenvalue weighted by Crippen LogP contribution is 2.28. The molecule has 1 aliphatic heterocycles. The minimum Gasteiger partial charge on any atom is -0.378 e. The number of nitrogens with one attached hydrogen (secondary N) is 1. The van der Waals surface area contributed by atoms with E-state index in [0.29, 0.717) is 19.2 Å². The largest absolute Gasteiger partial charge is 0.378 e. The quantitative estimate of drug-likeness (QED) is 0.670. The van der Waals surface area contributed by atoms with Gasteiger partial charge in [0.1, 0.15) is 11.5 Å². The molecule has 5 nitrogen and oxygen atoms in total. The van der Waals surface area contributed by atoms with Crippen molar-refractivity contribution >= 4 is 11.4 Å². The van der Waals surface area contributed by atoms with Crippen LogP contribution in [0.25, 0.3) is 0 Å². The molecule has 0 aliphatic carbocycles. The molecule has 1 saturated heterocycles. The van der Waals surface area contributed by atoms with Crippen molar-refractivity contribution in [1.82, 2.24) is 4.90 Å². The van der Waals surface area contributed by atoms with Crippen LogP contribution in [-0.2, 0) is 0 Å². The summed E-state index contributed by atoms with van der Waals surface area (Å²) in [4.78, 5) is 12.3. The Balaban J connectivity index is 1.95. The number of rotatable bonds is 5. The molecule has 21 heavy (non-hydrogen) atoms. The van der Waals surface area contributed by atoms with Gasteiger partial charge < -0.3 is 10.2 Å². The lowest BCUT2D eigenvalue weighted by Gasteiger charge is -2.30. The highest BCUT2D eigenvalue weighted by molar-refractivity contribution is 5.62. The molecular weight excluding hydrogens is 280 g/mol. The molecule has 1 aromatic rings. The van der Waals surface area contributed by atoms with Crippen molar-refractivity contribution in [3.63, 3.8) is 0 Å². The van der Waals surface area contributed by atoms with Crippen LogP contribution in [0.15, 0.2) is 12.1 Å². The number of nitro groups is 1. The number of anilines is 1. The molecule has 1 aliphatic rings. The fourth-order valence-corrected chi connectivity index (χ4v) is 2.52. The van der Waals surface area contributed by atoms with Gasteiger partial charge in [-0.2, -0.15) is 4.39 Å². The van der Waals surface area contributed by atoms with Crippen molar-refractivity contribution in [2.24, 2.45) is 5.92 Å². The van der Waals surface area contributed by atoms with Gasteiger partial charge in [0.05, 0.1) is 4.92 Å². The molecule has 0 unspecified atom stereocenters. The third-order valence-corrected chi connectivity index (χ3v) is 3.83. The summed E-state index contributed by atoms with van der Waals surface area (Å²) >= 11 is 0. The Morgan fingerprint density at radius 3 is 2.67 bits per heavy atom.